The van der Waals surface area contributed by atoms with Crippen molar-refractivity contribution in [2.45, 2.75) is 19.9 Å². The zero-order chi connectivity index (χ0) is 15.4. The Kier molecular flexibility index (Phi) is 5.02. The number of hydrogen-bond acceptors (Lipinski definition) is 5. The van der Waals surface area contributed by atoms with Crippen LogP contribution in [0.2, 0.25) is 0 Å². The average molecular weight is 349 g/mol. The highest BCUT2D eigenvalue weighted by molar-refractivity contribution is 7.14. The van der Waals surface area contributed by atoms with E-state index in [4.69, 9.17) is 0 Å². The first-order valence-electron chi connectivity index (χ1n) is 7.03. The number of rotatable bonds is 6. The van der Waals surface area contributed by atoms with Gasteiger partial charge in [-0.25, -0.2) is 4.98 Å². The Hall–Kier alpha value is -1.50. The summed E-state index contributed by atoms with van der Waals surface area (Å²) in [5, 5.41) is 9.15. The molecule has 0 atom stereocenters. The molecule has 6 heteroatoms. The van der Waals surface area contributed by atoms with Crippen molar-refractivity contribution >= 4 is 39.9 Å². The second-order valence-corrected chi connectivity index (χ2v) is 7.49. The summed E-state index contributed by atoms with van der Waals surface area (Å²) in [6.45, 7) is 3.43. The molecule has 0 saturated carbocycles. The van der Waals surface area contributed by atoms with Crippen molar-refractivity contribution in [3.05, 3.63) is 50.3 Å². The van der Waals surface area contributed by atoms with Gasteiger partial charge < -0.3 is 4.90 Å². The lowest BCUT2D eigenvalue weighted by Crippen LogP contribution is -2.31. The minimum Gasteiger partial charge on any atom is -0.337 e. The van der Waals surface area contributed by atoms with Crippen LogP contribution >= 0.6 is 34.0 Å². The predicted octanol–water partition coefficient (Wildman–Crippen LogP) is 4.52. The number of hydrogen-bond donors (Lipinski definition) is 0. The summed E-state index contributed by atoms with van der Waals surface area (Å²) in [4.78, 5) is 20.1. The van der Waals surface area contributed by atoms with E-state index >= 15 is 0 Å². The van der Waals surface area contributed by atoms with Crippen LogP contribution in [0.15, 0.2) is 39.7 Å². The number of nitrogens with zero attached hydrogens (tertiary/aromatic N) is 2. The van der Waals surface area contributed by atoms with Crippen LogP contribution in [-0.4, -0.2) is 22.3 Å². The van der Waals surface area contributed by atoms with Crippen LogP contribution in [0.1, 0.15) is 17.5 Å². The van der Waals surface area contributed by atoms with E-state index in [0.717, 1.165) is 22.8 Å². The van der Waals surface area contributed by atoms with Gasteiger partial charge in [-0.2, -0.15) is 11.3 Å². The first kappa shape index (κ1) is 15.4. The summed E-state index contributed by atoms with van der Waals surface area (Å²) in [5.41, 5.74) is 2.00. The van der Waals surface area contributed by atoms with Crippen LogP contribution in [0.5, 0.6) is 0 Å². The SMILES string of the molecule is CCN(Cc1cccs1)C(=O)Cc1csc(-c2ccsc2)n1. The van der Waals surface area contributed by atoms with E-state index in [1.807, 2.05) is 34.0 Å². The second-order valence-electron chi connectivity index (χ2n) is 4.82. The van der Waals surface area contributed by atoms with Crippen molar-refractivity contribution in [1.82, 2.24) is 9.88 Å². The van der Waals surface area contributed by atoms with E-state index in [-0.39, 0.29) is 5.91 Å². The molecule has 3 rings (SSSR count). The molecule has 114 valence electrons. The average Bonchev–Trinajstić information content (AvgIpc) is 3.25. The van der Waals surface area contributed by atoms with Gasteiger partial charge in [0.2, 0.25) is 5.91 Å². The third-order valence-corrected chi connectivity index (χ3v) is 5.80. The standard InChI is InChI=1S/C16H16N2OS3/c1-2-18(9-14-4-3-6-21-14)15(19)8-13-11-22-16(17-13)12-5-7-20-10-12/h3-7,10-11H,2,8-9H2,1H3. The summed E-state index contributed by atoms with van der Waals surface area (Å²) in [6.07, 6.45) is 0.375. The van der Waals surface area contributed by atoms with Crippen LogP contribution in [0, 0.1) is 0 Å². The number of thiophene rings is 2. The first-order chi connectivity index (χ1) is 10.8. The summed E-state index contributed by atoms with van der Waals surface area (Å²) in [6, 6.07) is 6.15. The van der Waals surface area contributed by atoms with Gasteiger partial charge in [0.15, 0.2) is 0 Å². The van der Waals surface area contributed by atoms with Gasteiger partial charge in [-0.1, -0.05) is 6.07 Å². The highest BCUT2D eigenvalue weighted by atomic mass is 32.1. The zero-order valence-corrected chi connectivity index (χ0v) is 14.6. The van der Waals surface area contributed by atoms with E-state index in [2.05, 4.69) is 22.5 Å². The van der Waals surface area contributed by atoms with Crippen molar-refractivity contribution in [3.8, 4) is 10.6 Å². The lowest BCUT2D eigenvalue weighted by atomic mass is 10.3. The fourth-order valence-electron chi connectivity index (χ4n) is 2.14. The molecule has 3 aromatic heterocycles. The van der Waals surface area contributed by atoms with Crippen molar-refractivity contribution in [2.75, 3.05) is 6.54 Å². The Morgan fingerprint density at radius 3 is 2.82 bits per heavy atom. The number of amides is 1. The van der Waals surface area contributed by atoms with Crippen LogP contribution in [0.25, 0.3) is 10.6 Å². The van der Waals surface area contributed by atoms with Gasteiger partial charge in [-0.15, -0.1) is 22.7 Å². The molecule has 22 heavy (non-hydrogen) atoms. The first-order valence-corrected chi connectivity index (χ1v) is 9.73. The topological polar surface area (TPSA) is 33.2 Å². The maximum Gasteiger partial charge on any atom is 0.228 e. The highest BCUT2D eigenvalue weighted by Gasteiger charge is 2.15. The van der Waals surface area contributed by atoms with Crippen molar-refractivity contribution in [3.63, 3.8) is 0 Å². The monoisotopic (exact) mass is 348 g/mol. The molecule has 3 heterocycles. The minimum atomic E-state index is 0.137. The number of aromatic nitrogens is 1. The molecule has 0 N–H and O–H groups in total. The van der Waals surface area contributed by atoms with E-state index in [1.165, 1.54) is 4.88 Å². The van der Waals surface area contributed by atoms with E-state index in [9.17, 15) is 4.79 Å². The van der Waals surface area contributed by atoms with Crippen LogP contribution < -0.4 is 0 Å². The van der Waals surface area contributed by atoms with E-state index in [1.54, 1.807) is 34.0 Å². The largest absolute Gasteiger partial charge is 0.337 e. The smallest absolute Gasteiger partial charge is 0.228 e. The molecule has 0 spiro atoms. The molecule has 0 bridgehead atoms. The van der Waals surface area contributed by atoms with E-state index in [0.29, 0.717) is 13.0 Å². The van der Waals surface area contributed by atoms with Gasteiger partial charge in [0, 0.05) is 27.7 Å². The normalized spacial score (nSPS) is 10.8. The summed E-state index contributed by atoms with van der Waals surface area (Å²) in [5.74, 6) is 0.137. The number of likely N-dealkylation sites (N-methyl/N-ethyl adjacent to an activating group) is 1. The molecular formula is C16H16N2OS3. The summed E-state index contributed by atoms with van der Waals surface area (Å²) in [7, 11) is 0. The molecule has 0 aliphatic carbocycles. The number of carbonyl (C=O) groups is 1. The molecular weight excluding hydrogens is 332 g/mol. The van der Waals surface area contributed by atoms with Gasteiger partial charge in [-0.05, 0) is 29.8 Å². The van der Waals surface area contributed by atoms with Crippen LogP contribution in [0.3, 0.4) is 0 Å². The van der Waals surface area contributed by atoms with Gasteiger partial charge in [0.1, 0.15) is 5.01 Å². The molecule has 3 nitrogen and oxygen atoms in total. The zero-order valence-electron chi connectivity index (χ0n) is 12.2. The molecule has 0 radical (unpaired) electrons. The van der Waals surface area contributed by atoms with Gasteiger partial charge in [0.05, 0.1) is 18.7 Å². The van der Waals surface area contributed by atoms with Crippen molar-refractivity contribution in [1.29, 1.82) is 0 Å². The third-order valence-electron chi connectivity index (χ3n) is 3.31. The maximum absolute atomic E-state index is 12.5. The Morgan fingerprint density at radius 1 is 1.23 bits per heavy atom. The van der Waals surface area contributed by atoms with Crippen LogP contribution in [0.4, 0.5) is 0 Å². The molecule has 0 unspecified atom stereocenters. The van der Waals surface area contributed by atoms with Crippen molar-refractivity contribution < 1.29 is 4.79 Å². The quantitative estimate of drug-likeness (QED) is 0.656. The Labute approximate surface area is 141 Å². The molecule has 0 saturated heterocycles. The molecule has 0 fully saturated rings. The molecule has 1 amide bonds. The fraction of sp³-hybridized carbons (Fsp3) is 0.250. The molecule has 0 aromatic carbocycles. The van der Waals surface area contributed by atoms with E-state index < -0.39 is 0 Å². The Morgan fingerprint density at radius 2 is 2.14 bits per heavy atom. The van der Waals surface area contributed by atoms with Gasteiger partial charge >= 0.3 is 0 Å². The van der Waals surface area contributed by atoms with Crippen LogP contribution in [-0.2, 0) is 17.8 Å². The predicted molar refractivity (Wildman–Crippen MR) is 94.5 cm³/mol. The lowest BCUT2D eigenvalue weighted by molar-refractivity contribution is -0.130. The highest BCUT2D eigenvalue weighted by Crippen LogP contribution is 2.26. The molecule has 3 aromatic rings. The molecule has 0 aliphatic rings. The summed E-state index contributed by atoms with van der Waals surface area (Å²) < 4.78 is 0. The Balaban J connectivity index is 1.65. The van der Waals surface area contributed by atoms with Crippen molar-refractivity contribution in [2.24, 2.45) is 0 Å². The van der Waals surface area contributed by atoms with Gasteiger partial charge in [-0.3, -0.25) is 4.79 Å². The minimum absolute atomic E-state index is 0.137. The maximum atomic E-state index is 12.5. The molecule has 0 aliphatic heterocycles. The third kappa shape index (κ3) is 3.63. The van der Waals surface area contributed by atoms with Gasteiger partial charge in [0.25, 0.3) is 0 Å². The Bertz CT molecular complexity index is 717. The fourth-order valence-corrected chi connectivity index (χ4v) is 4.39. The second kappa shape index (κ2) is 7.17. The number of thiazole rings is 1. The lowest BCUT2D eigenvalue weighted by Gasteiger charge is -2.19. The number of carbonyl (C=O) groups excluding carboxylic acids is 1. The summed E-state index contributed by atoms with van der Waals surface area (Å²) >= 11 is 4.95.